The Morgan fingerprint density at radius 2 is 1.29 bits per heavy atom. The van der Waals surface area contributed by atoms with E-state index in [2.05, 4.69) is 15.1 Å². The van der Waals surface area contributed by atoms with Crippen molar-refractivity contribution in [2.45, 2.75) is 11.8 Å². The molecule has 6 nitrogen and oxygen atoms in total. The molecule has 0 amide bonds. The highest BCUT2D eigenvalue weighted by Crippen LogP contribution is 2.13. The minimum absolute atomic E-state index is 0.0939. The quantitative estimate of drug-likeness (QED) is 0.381. The Labute approximate surface area is 163 Å². The Morgan fingerprint density at radius 3 is 1.79 bits per heavy atom. The van der Waals surface area contributed by atoms with Crippen molar-refractivity contribution >= 4 is 21.4 Å². The third-order valence-corrected chi connectivity index (χ3v) is 5.25. The fraction of sp³-hybridized carbons (Fsp3) is 0.0476. The van der Waals surface area contributed by atoms with E-state index < -0.39 is 10.0 Å². The van der Waals surface area contributed by atoms with Crippen LogP contribution in [0.3, 0.4) is 0 Å². The maximum Gasteiger partial charge on any atom is 0.276 e. The lowest BCUT2D eigenvalue weighted by atomic mass is 10.00. The van der Waals surface area contributed by atoms with Crippen LogP contribution in [0.1, 0.15) is 16.7 Å². The second kappa shape index (κ2) is 8.49. The van der Waals surface area contributed by atoms with Crippen LogP contribution in [0.15, 0.2) is 100 Å². The summed E-state index contributed by atoms with van der Waals surface area (Å²) in [5, 5.41) is 17.1. The number of oxime groups is 1. The predicted molar refractivity (Wildman–Crippen MR) is 109 cm³/mol. The largest absolute Gasteiger partial charge is 0.410 e. The number of benzene rings is 3. The van der Waals surface area contributed by atoms with Gasteiger partial charge in [-0.25, -0.2) is 0 Å². The van der Waals surface area contributed by atoms with E-state index >= 15 is 0 Å². The highest BCUT2D eigenvalue weighted by molar-refractivity contribution is 7.89. The van der Waals surface area contributed by atoms with E-state index in [1.165, 1.54) is 12.1 Å². The van der Waals surface area contributed by atoms with Crippen LogP contribution in [0.25, 0.3) is 0 Å². The van der Waals surface area contributed by atoms with Crippen molar-refractivity contribution in [2.75, 3.05) is 0 Å². The van der Waals surface area contributed by atoms with E-state index in [4.69, 9.17) is 0 Å². The number of rotatable bonds is 6. The van der Waals surface area contributed by atoms with Crippen LogP contribution >= 0.6 is 0 Å². The first-order valence-electron chi connectivity index (χ1n) is 8.51. The lowest BCUT2D eigenvalue weighted by Gasteiger charge is -2.11. The first-order valence-corrected chi connectivity index (χ1v) is 9.99. The van der Waals surface area contributed by atoms with Crippen LogP contribution < -0.4 is 4.83 Å². The number of hydrogen-bond acceptors (Lipinski definition) is 5. The molecule has 2 N–H and O–H groups in total. The van der Waals surface area contributed by atoms with Crippen LogP contribution in [0.4, 0.5) is 0 Å². The van der Waals surface area contributed by atoms with E-state index in [1.807, 2.05) is 19.1 Å². The molecule has 0 aromatic heterocycles. The molecule has 0 saturated carbocycles. The van der Waals surface area contributed by atoms with Gasteiger partial charge < -0.3 is 5.21 Å². The summed E-state index contributed by atoms with van der Waals surface area (Å²) in [7, 11) is -3.88. The molecule has 3 aromatic carbocycles. The van der Waals surface area contributed by atoms with Crippen molar-refractivity contribution < 1.29 is 13.6 Å². The van der Waals surface area contributed by atoms with E-state index in [9.17, 15) is 13.6 Å². The summed E-state index contributed by atoms with van der Waals surface area (Å²) in [6.07, 6.45) is 0. The van der Waals surface area contributed by atoms with Gasteiger partial charge in [0.25, 0.3) is 10.0 Å². The van der Waals surface area contributed by atoms with Gasteiger partial charge in [-0.2, -0.15) is 18.4 Å². The Bertz CT molecular complexity index is 1090. The Balaban J connectivity index is 2.03. The molecule has 0 saturated heterocycles. The topological polar surface area (TPSA) is 91.1 Å². The second-order valence-corrected chi connectivity index (χ2v) is 7.71. The number of aryl methyl sites for hydroxylation is 1. The van der Waals surface area contributed by atoms with Gasteiger partial charge in [-0.15, -0.1) is 0 Å². The summed E-state index contributed by atoms with van der Waals surface area (Å²) >= 11 is 0. The van der Waals surface area contributed by atoms with Gasteiger partial charge in [-0.05, 0) is 19.1 Å². The molecule has 7 heteroatoms. The molecular formula is C21H19N3O3S. The molecule has 0 aliphatic rings. The van der Waals surface area contributed by atoms with Crippen molar-refractivity contribution in [3.8, 4) is 0 Å². The molecule has 0 unspecified atom stereocenters. The summed E-state index contributed by atoms with van der Waals surface area (Å²) in [6.45, 7) is 1.87. The zero-order valence-electron chi connectivity index (χ0n) is 15.1. The standard InChI is InChI=1S/C21H19N3O3S/c1-16-12-14-19(15-13-16)28(26,27)24-22-20(17-8-4-2-5-9-17)21(23-25)18-10-6-3-7-11-18/h2-15,24-25H,1H3/b22-20-,23-21-. The van der Waals surface area contributed by atoms with Crippen LogP contribution in [-0.2, 0) is 10.0 Å². The molecule has 3 aromatic rings. The average Bonchev–Trinajstić information content (AvgIpc) is 2.72. The van der Waals surface area contributed by atoms with E-state index in [1.54, 1.807) is 60.7 Å². The minimum atomic E-state index is -3.88. The van der Waals surface area contributed by atoms with E-state index in [0.29, 0.717) is 11.1 Å². The van der Waals surface area contributed by atoms with Gasteiger partial charge >= 0.3 is 0 Å². The molecule has 0 heterocycles. The van der Waals surface area contributed by atoms with Gasteiger partial charge in [0.15, 0.2) is 0 Å². The summed E-state index contributed by atoms with van der Waals surface area (Å²) in [6, 6.07) is 24.3. The molecule has 0 aliphatic heterocycles. The molecule has 28 heavy (non-hydrogen) atoms. The number of sulfonamides is 1. The van der Waals surface area contributed by atoms with Gasteiger partial charge in [0.1, 0.15) is 11.4 Å². The SMILES string of the molecule is Cc1ccc(S(=O)(=O)N/N=C(\C(=N/O)c2ccccc2)c2ccccc2)cc1. The average molecular weight is 393 g/mol. The minimum Gasteiger partial charge on any atom is -0.410 e. The van der Waals surface area contributed by atoms with Crippen molar-refractivity contribution in [3.63, 3.8) is 0 Å². The van der Waals surface area contributed by atoms with Gasteiger partial charge in [-0.3, -0.25) is 0 Å². The Morgan fingerprint density at radius 1 is 0.786 bits per heavy atom. The summed E-state index contributed by atoms with van der Waals surface area (Å²) < 4.78 is 25.2. The predicted octanol–water partition coefficient (Wildman–Crippen LogP) is 3.56. The van der Waals surface area contributed by atoms with Gasteiger partial charge in [-0.1, -0.05) is 83.5 Å². The first kappa shape index (κ1) is 19.3. The van der Waals surface area contributed by atoms with Crippen molar-refractivity contribution in [3.05, 3.63) is 102 Å². The summed E-state index contributed by atoms with van der Waals surface area (Å²) in [5.41, 5.74) is 2.50. The van der Waals surface area contributed by atoms with Crippen LogP contribution in [0.5, 0.6) is 0 Å². The zero-order chi connectivity index (χ0) is 20.0. The van der Waals surface area contributed by atoms with Crippen LogP contribution in [0.2, 0.25) is 0 Å². The monoisotopic (exact) mass is 393 g/mol. The highest BCUT2D eigenvalue weighted by atomic mass is 32.2. The number of hydrogen-bond donors (Lipinski definition) is 2. The van der Waals surface area contributed by atoms with Crippen LogP contribution in [0, 0.1) is 6.92 Å². The normalized spacial score (nSPS) is 12.6. The van der Waals surface area contributed by atoms with Gasteiger partial charge in [0.2, 0.25) is 0 Å². The maximum absolute atomic E-state index is 12.6. The molecule has 0 bridgehead atoms. The van der Waals surface area contributed by atoms with Crippen molar-refractivity contribution in [1.29, 1.82) is 0 Å². The van der Waals surface area contributed by atoms with Gasteiger partial charge in [0.05, 0.1) is 4.90 Å². The van der Waals surface area contributed by atoms with Gasteiger partial charge in [0, 0.05) is 11.1 Å². The number of nitrogens with zero attached hydrogens (tertiary/aromatic N) is 2. The molecule has 142 valence electrons. The van der Waals surface area contributed by atoms with Crippen molar-refractivity contribution in [1.82, 2.24) is 4.83 Å². The number of hydrazone groups is 1. The molecule has 0 radical (unpaired) electrons. The molecule has 3 rings (SSSR count). The molecule has 0 aliphatic carbocycles. The Hall–Kier alpha value is -3.45. The van der Waals surface area contributed by atoms with E-state index in [0.717, 1.165) is 5.56 Å². The second-order valence-electron chi connectivity index (χ2n) is 6.05. The lowest BCUT2D eigenvalue weighted by Crippen LogP contribution is -2.25. The molecule has 0 atom stereocenters. The Kier molecular flexibility index (Phi) is 5.86. The fourth-order valence-corrected chi connectivity index (χ4v) is 3.38. The zero-order valence-corrected chi connectivity index (χ0v) is 16.0. The third kappa shape index (κ3) is 4.44. The number of nitrogens with one attached hydrogen (secondary N) is 1. The molecule has 0 fully saturated rings. The maximum atomic E-state index is 12.6. The molecular weight excluding hydrogens is 374 g/mol. The summed E-state index contributed by atoms with van der Waals surface area (Å²) in [4.78, 5) is 2.34. The summed E-state index contributed by atoms with van der Waals surface area (Å²) in [5.74, 6) is 0. The molecule has 0 spiro atoms. The first-order chi connectivity index (χ1) is 13.5. The van der Waals surface area contributed by atoms with Crippen LogP contribution in [-0.4, -0.2) is 25.0 Å². The van der Waals surface area contributed by atoms with Crippen molar-refractivity contribution in [2.24, 2.45) is 10.3 Å². The highest BCUT2D eigenvalue weighted by Gasteiger charge is 2.18. The fourth-order valence-electron chi connectivity index (χ4n) is 2.56. The smallest absolute Gasteiger partial charge is 0.276 e. The third-order valence-electron chi connectivity index (χ3n) is 4.03. The lowest BCUT2D eigenvalue weighted by molar-refractivity contribution is 0.320. The van der Waals surface area contributed by atoms with E-state index in [-0.39, 0.29) is 16.3 Å².